The summed E-state index contributed by atoms with van der Waals surface area (Å²) in [7, 11) is 1.63. The maximum atomic E-state index is 5.58. The van der Waals surface area contributed by atoms with Crippen molar-refractivity contribution in [2.75, 3.05) is 12.4 Å². The Morgan fingerprint density at radius 3 is 2.75 bits per heavy atom. The smallest absolute Gasteiger partial charge is 0.238 e. The van der Waals surface area contributed by atoms with Crippen molar-refractivity contribution in [3.05, 3.63) is 46.5 Å². The predicted octanol–water partition coefficient (Wildman–Crippen LogP) is 4.86. The molecule has 0 fully saturated rings. The van der Waals surface area contributed by atoms with Crippen molar-refractivity contribution in [3.8, 4) is 23.0 Å². The van der Waals surface area contributed by atoms with Gasteiger partial charge in [0.2, 0.25) is 5.88 Å². The SMILES string of the molecule is CCn1nc2c(c1Nc1nc(-c3ccc(-n4cnc(C)c4)c(OC)n3)c(C)s1)CCCC2. The normalized spacial score (nSPS) is 13.2. The molecule has 4 heterocycles. The third-order valence-corrected chi connectivity index (χ3v) is 6.70. The van der Waals surface area contributed by atoms with Gasteiger partial charge >= 0.3 is 0 Å². The van der Waals surface area contributed by atoms with Crippen LogP contribution in [-0.2, 0) is 19.4 Å². The van der Waals surface area contributed by atoms with Crippen LogP contribution < -0.4 is 10.1 Å². The van der Waals surface area contributed by atoms with Gasteiger partial charge in [0.15, 0.2) is 5.13 Å². The monoisotopic (exact) mass is 449 g/mol. The average molecular weight is 450 g/mol. The van der Waals surface area contributed by atoms with Crippen LogP contribution in [0.15, 0.2) is 24.7 Å². The van der Waals surface area contributed by atoms with E-state index >= 15 is 0 Å². The number of hydrogen-bond acceptors (Lipinski definition) is 7. The summed E-state index contributed by atoms with van der Waals surface area (Å²) in [5, 5.41) is 9.23. The molecule has 0 unspecified atom stereocenters. The highest BCUT2D eigenvalue weighted by molar-refractivity contribution is 7.16. The minimum atomic E-state index is 0.542. The number of rotatable bonds is 6. The highest BCUT2D eigenvalue weighted by Gasteiger charge is 2.22. The summed E-state index contributed by atoms with van der Waals surface area (Å²) in [6.07, 6.45) is 8.28. The third-order valence-electron chi connectivity index (χ3n) is 5.81. The first-order valence-electron chi connectivity index (χ1n) is 11.0. The lowest BCUT2D eigenvalue weighted by Crippen LogP contribution is -2.05. The molecule has 1 aliphatic rings. The van der Waals surface area contributed by atoms with E-state index in [1.165, 1.54) is 24.1 Å². The molecule has 4 aromatic rings. The zero-order chi connectivity index (χ0) is 22.2. The van der Waals surface area contributed by atoms with E-state index in [9.17, 15) is 0 Å². The Labute approximate surface area is 191 Å². The van der Waals surface area contributed by atoms with Gasteiger partial charge in [0.05, 0.1) is 30.5 Å². The molecule has 1 N–H and O–H groups in total. The maximum Gasteiger partial charge on any atom is 0.238 e. The van der Waals surface area contributed by atoms with Crippen LogP contribution >= 0.6 is 11.3 Å². The maximum absolute atomic E-state index is 5.58. The second-order valence-electron chi connectivity index (χ2n) is 7.99. The molecule has 0 amide bonds. The van der Waals surface area contributed by atoms with Crippen molar-refractivity contribution in [2.24, 2.45) is 0 Å². The van der Waals surface area contributed by atoms with Gasteiger partial charge < -0.3 is 14.6 Å². The Morgan fingerprint density at radius 2 is 2.00 bits per heavy atom. The van der Waals surface area contributed by atoms with Crippen LogP contribution in [0.5, 0.6) is 5.88 Å². The molecule has 0 saturated carbocycles. The molecule has 0 saturated heterocycles. The number of hydrogen-bond donors (Lipinski definition) is 1. The molecule has 0 radical (unpaired) electrons. The van der Waals surface area contributed by atoms with Crippen LogP contribution in [0.4, 0.5) is 10.9 Å². The summed E-state index contributed by atoms with van der Waals surface area (Å²) in [6, 6.07) is 3.98. The Balaban J connectivity index is 1.47. The van der Waals surface area contributed by atoms with Crippen molar-refractivity contribution >= 4 is 22.3 Å². The first-order chi connectivity index (χ1) is 15.6. The fourth-order valence-electron chi connectivity index (χ4n) is 4.23. The third kappa shape index (κ3) is 3.66. The zero-order valence-electron chi connectivity index (χ0n) is 18.8. The van der Waals surface area contributed by atoms with Crippen molar-refractivity contribution < 1.29 is 4.74 Å². The number of nitrogens with zero attached hydrogens (tertiary/aromatic N) is 6. The molecule has 0 aliphatic heterocycles. The fourth-order valence-corrected chi connectivity index (χ4v) is 5.05. The largest absolute Gasteiger partial charge is 0.479 e. The highest BCUT2D eigenvalue weighted by Crippen LogP contribution is 2.35. The number of pyridine rings is 1. The standard InChI is InChI=1S/C23H27N7OS/c1-5-30-21(16-8-6-7-9-17(16)28-30)27-23-26-20(15(3)32-23)18-10-11-19(22(25-18)31-4)29-12-14(2)24-13-29/h10-13H,5-9H2,1-4H3,(H,26,27). The van der Waals surface area contributed by atoms with Gasteiger partial charge in [0.25, 0.3) is 0 Å². The number of imidazole rings is 1. The van der Waals surface area contributed by atoms with Crippen LogP contribution in [0.2, 0.25) is 0 Å². The lowest BCUT2D eigenvalue weighted by molar-refractivity contribution is 0.396. The van der Waals surface area contributed by atoms with Gasteiger partial charge in [0.1, 0.15) is 17.2 Å². The Hall–Kier alpha value is -3.20. The summed E-state index contributed by atoms with van der Waals surface area (Å²) in [4.78, 5) is 15.0. The number of aryl methyl sites for hydroxylation is 4. The van der Waals surface area contributed by atoms with Crippen molar-refractivity contribution in [3.63, 3.8) is 0 Å². The molecular weight excluding hydrogens is 422 g/mol. The molecule has 1 aliphatic carbocycles. The van der Waals surface area contributed by atoms with Gasteiger partial charge in [-0.05, 0) is 58.6 Å². The minimum absolute atomic E-state index is 0.542. The quantitative estimate of drug-likeness (QED) is 0.453. The van der Waals surface area contributed by atoms with E-state index < -0.39 is 0 Å². The summed E-state index contributed by atoms with van der Waals surface area (Å²) < 4.78 is 9.57. The van der Waals surface area contributed by atoms with Gasteiger partial charge in [-0.15, -0.1) is 11.3 Å². The number of aromatic nitrogens is 6. The van der Waals surface area contributed by atoms with E-state index in [0.29, 0.717) is 5.88 Å². The van der Waals surface area contributed by atoms with Crippen LogP contribution in [0.3, 0.4) is 0 Å². The fraction of sp³-hybridized carbons (Fsp3) is 0.391. The van der Waals surface area contributed by atoms with E-state index in [-0.39, 0.29) is 0 Å². The van der Waals surface area contributed by atoms with E-state index in [1.807, 2.05) is 29.8 Å². The molecule has 9 heteroatoms. The van der Waals surface area contributed by atoms with Crippen molar-refractivity contribution in [1.82, 2.24) is 29.3 Å². The summed E-state index contributed by atoms with van der Waals surface area (Å²) >= 11 is 1.64. The molecule has 0 spiro atoms. The van der Waals surface area contributed by atoms with Gasteiger partial charge in [-0.2, -0.15) is 5.10 Å². The lowest BCUT2D eigenvalue weighted by atomic mass is 9.97. The minimum Gasteiger partial charge on any atom is -0.479 e. The first-order valence-corrected chi connectivity index (χ1v) is 11.8. The van der Waals surface area contributed by atoms with Gasteiger partial charge in [-0.25, -0.2) is 19.6 Å². The number of ether oxygens (including phenoxy) is 1. The zero-order valence-corrected chi connectivity index (χ0v) is 19.7. The molecule has 0 bridgehead atoms. The van der Waals surface area contributed by atoms with Crippen LogP contribution in [0.1, 0.15) is 41.6 Å². The number of nitrogens with one attached hydrogen (secondary N) is 1. The molecule has 0 atom stereocenters. The molecule has 32 heavy (non-hydrogen) atoms. The molecule has 166 valence electrons. The molecule has 8 nitrogen and oxygen atoms in total. The topological polar surface area (TPSA) is 82.7 Å². The highest BCUT2D eigenvalue weighted by atomic mass is 32.1. The number of anilines is 2. The Morgan fingerprint density at radius 1 is 1.16 bits per heavy atom. The first kappa shape index (κ1) is 20.7. The van der Waals surface area contributed by atoms with Crippen molar-refractivity contribution in [2.45, 2.75) is 53.0 Å². The van der Waals surface area contributed by atoms with E-state index in [1.54, 1.807) is 24.8 Å². The second kappa shape index (κ2) is 8.38. The summed E-state index contributed by atoms with van der Waals surface area (Å²) in [5.41, 5.74) is 6.01. The second-order valence-corrected chi connectivity index (χ2v) is 9.20. The molecule has 0 aromatic carbocycles. The number of methoxy groups -OCH3 is 1. The van der Waals surface area contributed by atoms with Crippen LogP contribution in [0.25, 0.3) is 17.1 Å². The Kier molecular flexibility index (Phi) is 5.42. The van der Waals surface area contributed by atoms with Crippen LogP contribution in [-0.4, -0.2) is 36.4 Å². The van der Waals surface area contributed by atoms with E-state index in [4.69, 9.17) is 19.8 Å². The Bertz CT molecular complexity index is 1270. The number of thiazole rings is 1. The van der Waals surface area contributed by atoms with Gasteiger partial charge in [-0.3, -0.25) is 0 Å². The summed E-state index contributed by atoms with van der Waals surface area (Å²) in [5.74, 6) is 1.62. The molecule has 4 aromatic heterocycles. The molecular formula is C23H27N7OS. The van der Waals surface area contributed by atoms with E-state index in [0.717, 1.165) is 58.0 Å². The predicted molar refractivity (Wildman–Crippen MR) is 126 cm³/mol. The van der Waals surface area contributed by atoms with E-state index in [2.05, 4.69) is 28.8 Å². The number of fused-ring (bicyclic) bond motifs is 1. The average Bonchev–Trinajstić information content (AvgIpc) is 3.50. The van der Waals surface area contributed by atoms with Crippen LogP contribution in [0, 0.1) is 13.8 Å². The van der Waals surface area contributed by atoms with Gasteiger partial charge in [0, 0.05) is 23.2 Å². The van der Waals surface area contributed by atoms with Crippen molar-refractivity contribution in [1.29, 1.82) is 0 Å². The van der Waals surface area contributed by atoms with Gasteiger partial charge in [-0.1, -0.05) is 0 Å². The lowest BCUT2D eigenvalue weighted by Gasteiger charge is -2.12. The summed E-state index contributed by atoms with van der Waals surface area (Å²) in [6.45, 7) is 6.99. The molecule has 5 rings (SSSR count).